The lowest BCUT2D eigenvalue weighted by Crippen LogP contribution is -2.40. The van der Waals surface area contributed by atoms with Gasteiger partial charge in [-0.05, 0) is 62.2 Å². The molecule has 1 aliphatic rings. The van der Waals surface area contributed by atoms with Crippen LogP contribution in [0.2, 0.25) is 0 Å². The molecule has 2 aromatic carbocycles. The topological polar surface area (TPSA) is 93.7 Å². The highest BCUT2D eigenvalue weighted by Crippen LogP contribution is 2.20. The van der Waals surface area contributed by atoms with Gasteiger partial charge in [-0.2, -0.15) is 0 Å². The van der Waals surface area contributed by atoms with Gasteiger partial charge >= 0.3 is 0 Å². The summed E-state index contributed by atoms with van der Waals surface area (Å²) in [6.07, 6.45) is 1.78. The van der Waals surface area contributed by atoms with Gasteiger partial charge in [0.1, 0.15) is 5.75 Å². The fourth-order valence-corrected chi connectivity index (χ4v) is 3.99. The lowest BCUT2D eigenvalue weighted by molar-refractivity contribution is 0.0624. The number of hydrogen-bond donors (Lipinski definition) is 2. The van der Waals surface area contributed by atoms with E-state index < -0.39 is 10.0 Å². The van der Waals surface area contributed by atoms with Crippen LogP contribution >= 0.6 is 0 Å². The molecule has 2 aromatic rings. The predicted molar refractivity (Wildman–Crippen MR) is 106 cm³/mol. The first-order chi connectivity index (χ1) is 13.5. The molecule has 0 saturated carbocycles. The van der Waals surface area contributed by atoms with Crippen molar-refractivity contribution < 1.29 is 22.7 Å². The first-order valence-electron chi connectivity index (χ1n) is 9.22. The molecule has 0 aromatic heterocycles. The summed E-state index contributed by atoms with van der Waals surface area (Å²) in [5.74, 6) is 0.351. The van der Waals surface area contributed by atoms with E-state index in [4.69, 9.17) is 9.47 Å². The molecular weight excluding hydrogens is 380 g/mol. The zero-order valence-corrected chi connectivity index (χ0v) is 16.5. The minimum Gasteiger partial charge on any atom is -0.494 e. The summed E-state index contributed by atoms with van der Waals surface area (Å²) in [6.45, 7) is 3.58. The Balaban J connectivity index is 1.69. The first-order valence-corrected chi connectivity index (χ1v) is 10.7. The molecule has 1 heterocycles. The monoisotopic (exact) mass is 404 g/mol. The van der Waals surface area contributed by atoms with Gasteiger partial charge in [0.15, 0.2) is 0 Å². The number of benzene rings is 2. The van der Waals surface area contributed by atoms with Gasteiger partial charge in [0.2, 0.25) is 0 Å². The molecule has 0 bridgehead atoms. The normalized spacial score (nSPS) is 17.0. The van der Waals surface area contributed by atoms with Crippen LogP contribution in [-0.2, 0) is 14.8 Å². The maximum Gasteiger partial charge on any atom is 0.261 e. The van der Waals surface area contributed by atoms with Gasteiger partial charge in [-0.25, -0.2) is 8.42 Å². The van der Waals surface area contributed by atoms with E-state index in [1.807, 2.05) is 6.92 Å². The zero-order valence-electron chi connectivity index (χ0n) is 15.7. The van der Waals surface area contributed by atoms with Crippen LogP contribution in [0.25, 0.3) is 0 Å². The summed E-state index contributed by atoms with van der Waals surface area (Å²) in [7, 11) is -3.77. The fraction of sp³-hybridized carbons (Fsp3) is 0.350. The molecular formula is C20H24N2O5S. The van der Waals surface area contributed by atoms with Gasteiger partial charge in [-0.15, -0.1) is 0 Å². The van der Waals surface area contributed by atoms with Crippen molar-refractivity contribution in [1.82, 2.24) is 5.32 Å². The number of carbonyl (C=O) groups is 1. The molecule has 2 N–H and O–H groups in total. The number of amides is 1. The summed E-state index contributed by atoms with van der Waals surface area (Å²) in [4.78, 5) is 12.6. The predicted octanol–water partition coefficient (Wildman–Crippen LogP) is 2.79. The Kier molecular flexibility index (Phi) is 6.53. The number of rotatable bonds is 7. The second-order valence-corrected chi connectivity index (χ2v) is 8.16. The molecule has 1 aliphatic heterocycles. The average Bonchev–Trinajstić information content (AvgIpc) is 2.69. The van der Waals surface area contributed by atoms with Gasteiger partial charge in [0.25, 0.3) is 15.9 Å². The second-order valence-electron chi connectivity index (χ2n) is 6.48. The smallest absolute Gasteiger partial charge is 0.261 e. The second kappa shape index (κ2) is 9.07. The van der Waals surface area contributed by atoms with Gasteiger partial charge in [0, 0.05) is 17.9 Å². The van der Waals surface area contributed by atoms with Crippen LogP contribution in [0.1, 0.15) is 30.1 Å². The molecule has 150 valence electrons. The van der Waals surface area contributed by atoms with Crippen LogP contribution in [0, 0.1) is 0 Å². The Hall–Kier alpha value is -2.58. The maximum absolute atomic E-state index is 12.6. The molecule has 28 heavy (non-hydrogen) atoms. The van der Waals surface area contributed by atoms with Crippen molar-refractivity contribution >= 4 is 21.6 Å². The highest BCUT2D eigenvalue weighted by Gasteiger charge is 2.18. The van der Waals surface area contributed by atoms with E-state index in [2.05, 4.69) is 10.0 Å². The molecule has 0 radical (unpaired) electrons. The van der Waals surface area contributed by atoms with Crippen LogP contribution in [0.3, 0.4) is 0 Å². The number of hydrogen-bond acceptors (Lipinski definition) is 5. The molecule has 8 heteroatoms. The number of nitrogens with one attached hydrogen (secondary N) is 2. The van der Waals surface area contributed by atoms with Crippen molar-refractivity contribution in [3.63, 3.8) is 0 Å². The SMILES string of the molecule is CCOc1ccc(S(=O)(=O)Nc2cccc(C(=O)NC3CCCOC3)c2)cc1. The van der Waals surface area contributed by atoms with E-state index >= 15 is 0 Å². The van der Waals surface area contributed by atoms with Crippen LogP contribution in [-0.4, -0.2) is 40.2 Å². The van der Waals surface area contributed by atoms with Gasteiger partial charge < -0.3 is 14.8 Å². The molecule has 1 fully saturated rings. The van der Waals surface area contributed by atoms with E-state index in [1.165, 1.54) is 18.2 Å². The van der Waals surface area contributed by atoms with Crippen molar-refractivity contribution in [2.24, 2.45) is 0 Å². The minimum absolute atomic E-state index is 0.0227. The summed E-state index contributed by atoms with van der Waals surface area (Å²) in [6, 6.07) is 12.6. The highest BCUT2D eigenvalue weighted by atomic mass is 32.2. The molecule has 3 rings (SSSR count). The summed E-state index contributed by atoms with van der Waals surface area (Å²) >= 11 is 0. The number of sulfonamides is 1. The van der Waals surface area contributed by atoms with Crippen LogP contribution in [0.4, 0.5) is 5.69 Å². The largest absolute Gasteiger partial charge is 0.494 e. The third kappa shape index (κ3) is 5.24. The maximum atomic E-state index is 12.6. The number of carbonyl (C=O) groups excluding carboxylic acids is 1. The quantitative estimate of drug-likeness (QED) is 0.740. The van der Waals surface area contributed by atoms with Crippen molar-refractivity contribution in [2.75, 3.05) is 24.5 Å². The third-order valence-corrected chi connectivity index (χ3v) is 5.71. The molecule has 0 spiro atoms. The average molecular weight is 404 g/mol. The van der Waals surface area contributed by atoms with Crippen molar-refractivity contribution in [2.45, 2.75) is 30.7 Å². The Morgan fingerprint density at radius 2 is 2.00 bits per heavy atom. The summed E-state index contributed by atoms with van der Waals surface area (Å²) in [5, 5.41) is 2.92. The van der Waals surface area contributed by atoms with Crippen LogP contribution in [0.15, 0.2) is 53.4 Å². The lowest BCUT2D eigenvalue weighted by atomic mass is 10.1. The Bertz CT molecular complexity index is 906. The first kappa shape index (κ1) is 20.2. The van der Waals surface area contributed by atoms with Crippen molar-refractivity contribution in [3.05, 3.63) is 54.1 Å². The lowest BCUT2D eigenvalue weighted by Gasteiger charge is -2.23. The standard InChI is InChI=1S/C20H24N2O5S/c1-2-27-18-8-10-19(11-9-18)28(24,25)22-16-6-3-5-15(13-16)20(23)21-17-7-4-12-26-14-17/h3,5-6,8-11,13,17,22H,2,4,7,12,14H2,1H3,(H,21,23). The summed E-state index contributed by atoms with van der Waals surface area (Å²) in [5.41, 5.74) is 0.707. The van der Waals surface area contributed by atoms with E-state index in [1.54, 1.807) is 30.3 Å². The van der Waals surface area contributed by atoms with Crippen molar-refractivity contribution in [3.8, 4) is 5.75 Å². The van der Waals surface area contributed by atoms with Crippen LogP contribution in [0.5, 0.6) is 5.75 Å². The zero-order chi connectivity index (χ0) is 20.0. The molecule has 1 saturated heterocycles. The Morgan fingerprint density at radius 1 is 1.21 bits per heavy atom. The fourth-order valence-electron chi connectivity index (χ4n) is 2.94. The minimum atomic E-state index is -3.77. The van der Waals surface area contributed by atoms with Crippen LogP contribution < -0.4 is 14.8 Å². The highest BCUT2D eigenvalue weighted by molar-refractivity contribution is 7.92. The third-order valence-electron chi connectivity index (χ3n) is 4.32. The van der Waals surface area contributed by atoms with Gasteiger partial charge in [-0.3, -0.25) is 9.52 Å². The van der Waals surface area contributed by atoms with E-state index in [-0.39, 0.29) is 16.8 Å². The Labute approximate surface area is 165 Å². The molecule has 1 atom stereocenters. The molecule has 1 unspecified atom stereocenters. The van der Waals surface area contributed by atoms with E-state index in [0.29, 0.717) is 30.2 Å². The molecule has 0 aliphatic carbocycles. The van der Waals surface area contributed by atoms with Crippen molar-refractivity contribution in [1.29, 1.82) is 0 Å². The Morgan fingerprint density at radius 3 is 2.68 bits per heavy atom. The molecule has 7 nitrogen and oxygen atoms in total. The van der Waals surface area contributed by atoms with E-state index in [0.717, 1.165) is 19.4 Å². The molecule has 1 amide bonds. The van der Waals surface area contributed by atoms with E-state index in [9.17, 15) is 13.2 Å². The summed E-state index contributed by atoms with van der Waals surface area (Å²) < 4.78 is 38.4. The number of ether oxygens (including phenoxy) is 2. The number of anilines is 1. The van der Waals surface area contributed by atoms with Gasteiger partial charge in [0.05, 0.1) is 24.2 Å². The van der Waals surface area contributed by atoms with Gasteiger partial charge in [-0.1, -0.05) is 6.07 Å².